The minimum absolute atomic E-state index is 0.188. The van der Waals surface area contributed by atoms with E-state index in [9.17, 15) is 9.59 Å². The molecule has 160 valence electrons. The van der Waals surface area contributed by atoms with Crippen LogP contribution in [0.3, 0.4) is 0 Å². The molecule has 0 saturated carbocycles. The van der Waals surface area contributed by atoms with Crippen molar-refractivity contribution in [3.05, 3.63) is 52.3 Å². The Morgan fingerprint density at radius 2 is 2.00 bits per heavy atom. The van der Waals surface area contributed by atoms with Crippen LogP contribution in [0.4, 0.5) is 5.69 Å². The molecule has 2 N–H and O–H groups in total. The van der Waals surface area contributed by atoms with E-state index in [1.165, 1.54) is 6.92 Å². The standard InChI is InChI=1S/C22H21N3O5S/c1-13(26)24-17-8-16(18-11-31-14(2)25-18)4-6-19(17)28-10-22(27)23-9-15-3-5-20-21(7-15)30-12-29-20/h3-8,11H,9-10,12H2,1-2H3,(H,23,27)(H,24,26). The lowest BCUT2D eigenvalue weighted by Gasteiger charge is -2.13. The van der Waals surface area contributed by atoms with Crippen molar-refractivity contribution in [1.82, 2.24) is 10.3 Å². The maximum atomic E-state index is 12.3. The van der Waals surface area contributed by atoms with Crippen LogP contribution in [0.5, 0.6) is 17.2 Å². The van der Waals surface area contributed by atoms with E-state index in [1.54, 1.807) is 23.5 Å². The molecule has 3 aromatic rings. The van der Waals surface area contributed by atoms with Gasteiger partial charge in [0, 0.05) is 24.4 Å². The number of nitrogens with one attached hydrogen (secondary N) is 2. The summed E-state index contributed by atoms with van der Waals surface area (Å²) in [5, 5.41) is 8.46. The Morgan fingerprint density at radius 1 is 1.16 bits per heavy atom. The topological polar surface area (TPSA) is 98.8 Å². The number of ether oxygens (including phenoxy) is 3. The molecule has 4 rings (SSSR count). The predicted molar refractivity (Wildman–Crippen MR) is 116 cm³/mol. The molecule has 9 heteroatoms. The van der Waals surface area contributed by atoms with Gasteiger partial charge in [0.15, 0.2) is 18.1 Å². The van der Waals surface area contributed by atoms with E-state index in [0.29, 0.717) is 29.5 Å². The molecule has 1 aromatic heterocycles. The monoisotopic (exact) mass is 439 g/mol. The summed E-state index contributed by atoms with van der Waals surface area (Å²) in [6, 6.07) is 10.9. The van der Waals surface area contributed by atoms with Crippen molar-refractivity contribution in [2.45, 2.75) is 20.4 Å². The van der Waals surface area contributed by atoms with Crippen molar-refractivity contribution in [3.8, 4) is 28.5 Å². The number of fused-ring (bicyclic) bond motifs is 1. The molecular formula is C22H21N3O5S. The Balaban J connectivity index is 1.38. The molecule has 8 nitrogen and oxygen atoms in total. The molecule has 0 fully saturated rings. The number of carbonyl (C=O) groups is 2. The van der Waals surface area contributed by atoms with Crippen LogP contribution in [0.2, 0.25) is 0 Å². The number of hydrogen-bond acceptors (Lipinski definition) is 7. The summed E-state index contributed by atoms with van der Waals surface area (Å²) in [4.78, 5) is 28.3. The fourth-order valence-electron chi connectivity index (χ4n) is 3.04. The first-order chi connectivity index (χ1) is 15.0. The second-order valence-corrected chi connectivity index (χ2v) is 7.96. The van der Waals surface area contributed by atoms with Gasteiger partial charge in [0.2, 0.25) is 12.7 Å². The van der Waals surface area contributed by atoms with Crippen molar-refractivity contribution in [3.63, 3.8) is 0 Å². The second-order valence-electron chi connectivity index (χ2n) is 6.90. The zero-order valence-electron chi connectivity index (χ0n) is 17.1. The van der Waals surface area contributed by atoms with Crippen molar-refractivity contribution >= 4 is 28.8 Å². The molecular weight excluding hydrogens is 418 g/mol. The van der Waals surface area contributed by atoms with Gasteiger partial charge in [-0.25, -0.2) is 4.98 Å². The highest BCUT2D eigenvalue weighted by atomic mass is 32.1. The summed E-state index contributed by atoms with van der Waals surface area (Å²) >= 11 is 1.55. The number of thiazole rings is 1. The number of benzene rings is 2. The predicted octanol–water partition coefficient (Wildman–Crippen LogP) is 3.50. The fraction of sp³-hybridized carbons (Fsp3) is 0.227. The number of hydrogen-bond donors (Lipinski definition) is 2. The fourth-order valence-corrected chi connectivity index (χ4v) is 3.67. The van der Waals surface area contributed by atoms with Gasteiger partial charge in [0.25, 0.3) is 5.91 Å². The van der Waals surface area contributed by atoms with Gasteiger partial charge >= 0.3 is 0 Å². The van der Waals surface area contributed by atoms with Gasteiger partial charge in [-0.15, -0.1) is 11.3 Å². The number of aromatic nitrogens is 1. The second kappa shape index (κ2) is 9.05. The lowest BCUT2D eigenvalue weighted by atomic mass is 10.1. The quantitative estimate of drug-likeness (QED) is 0.585. The highest BCUT2D eigenvalue weighted by molar-refractivity contribution is 7.09. The van der Waals surface area contributed by atoms with E-state index in [2.05, 4.69) is 15.6 Å². The Labute approximate surface area is 183 Å². The zero-order chi connectivity index (χ0) is 21.8. The van der Waals surface area contributed by atoms with Crippen LogP contribution in [-0.4, -0.2) is 30.2 Å². The summed E-state index contributed by atoms with van der Waals surface area (Å²) in [5.74, 6) is 1.25. The molecule has 0 bridgehead atoms. The number of aryl methyl sites for hydroxylation is 1. The SMILES string of the molecule is CC(=O)Nc1cc(-c2csc(C)n2)ccc1OCC(=O)NCc1ccc2c(c1)OCO2. The third-order valence-corrected chi connectivity index (χ3v) is 5.26. The average molecular weight is 439 g/mol. The molecule has 31 heavy (non-hydrogen) atoms. The molecule has 2 aromatic carbocycles. The van der Waals surface area contributed by atoms with Gasteiger partial charge < -0.3 is 24.8 Å². The molecule has 0 radical (unpaired) electrons. The third kappa shape index (κ3) is 5.13. The van der Waals surface area contributed by atoms with Crippen LogP contribution in [0.1, 0.15) is 17.5 Å². The normalized spacial score (nSPS) is 11.8. The van der Waals surface area contributed by atoms with E-state index in [1.807, 2.05) is 36.6 Å². The lowest BCUT2D eigenvalue weighted by molar-refractivity contribution is -0.123. The highest BCUT2D eigenvalue weighted by Crippen LogP contribution is 2.33. The largest absolute Gasteiger partial charge is 0.482 e. The van der Waals surface area contributed by atoms with E-state index < -0.39 is 0 Å². The van der Waals surface area contributed by atoms with Crippen molar-refractivity contribution in [2.75, 3.05) is 18.7 Å². The van der Waals surface area contributed by atoms with Gasteiger partial charge in [0.05, 0.1) is 16.4 Å². The highest BCUT2D eigenvalue weighted by Gasteiger charge is 2.14. The Morgan fingerprint density at radius 3 is 2.77 bits per heavy atom. The molecule has 1 aliphatic heterocycles. The van der Waals surface area contributed by atoms with E-state index >= 15 is 0 Å². The molecule has 0 spiro atoms. The summed E-state index contributed by atoms with van der Waals surface area (Å²) < 4.78 is 16.3. The summed E-state index contributed by atoms with van der Waals surface area (Å²) in [6.45, 7) is 3.70. The molecule has 0 saturated heterocycles. The smallest absolute Gasteiger partial charge is 0.258 e. The van der Waals surface area contributed by atoms with Crippen LogP contribution in [-0.2, 0) is 16.1 Å². The van der Waals surface area contributed by atoms with Crippen LogP contribution < -0.4 is 24.8 Å². The van der Waals surface area contributed by atoms with Crippen LogP contribution in [0.25, 0.3) is 11.3 Å². The lowest BCUT2D eigenvalue weighted by Crippen LogP contribution is -2.28. The van der Waals surface area contributed by atoms with Crippen molar-refractivity contribution in [2.24, 2.45) is 0 Å². The summed E-state index contributed by atoms with van der Waals surface area (Å²) in [5.41, 5.74) is 3.05. The van der Waals surface area contributed by atoms with Crippen LogP contribution in [0, 0.1) is 6.92 Å². The molecule has 2 heterocycles. The number of rotatable bonds is 7. The van der Waals surface area contributed by atoms with Crippen molar-refractivity contribution in [1.29, 1.82) is 0 Å². The van der Waals surface area contributed by atoms with Crippen molar-refractivity contribution < 1.29 is 23.8 Å². The van der Waals surface area contributed by atoms with Crippen LogP contribution >= 0.6 is 11.3 Å². The molecule has 1 aliphatic rings. The van der Waals surface area contributed by atoms with Gasteiger partial charge in [-0.2, -0.15) is 0 Å². The first-order valence-corrected chi connectivity index (χ1v) is 10.5. The Bertz CT molecular complexity index is 1130. The Kier molecular flexibility index (Phi) is 6.03. The van der Waals surface area contributed by atoms with E-state index in [0.717, 1.165) is 21.8 Å². The third-order valence-electron chi connectivity index (χ3n) is 4.49. The minimum Gasteiger partial charge on any atom is -0.482 e. The molecule has 0 atom stereocenters. The van der Waals surface area contributed by atoms with Gasteiger partial charge in [0.1, 0.15) is 5.75 Å². The number of carbonyl (C=O) groups excluding carboxylic acids is 2. The maximum absolute atomic E-state index is 12.3. The van der Waals surface area contributed by atoms with Gasteiger partial charge in [-0.3, -0.25) is 9.59 Å². The Hall–Kier alpha value is -3.59. The van der Waals surface area contributed by atoms with E-state index in [-0.39, 0.29) is 25.2 Å². The summed E-state index contributed by atoms with van der Waals surface area (Å²) in [6.07, 6.45) is 0. The van der Waals surface area contributed by atoms with Gasteiger partial charge in [-0.1, -0.05) is 6.07 Å². The number of anilines is 1. The first kappa shape index (κ1) is 20.7. The summed E-state index contributed by atoms with van der Waals surface area (Å²) in [7, 11) is 0. The van der Waals surface area contributed by atoms with Crippen LogP contribution in [0.15, 0.2) is 41.8 Å². The zero-order valence-corrected chi connectivity index (χ0v) is 17.9. The number of amides is 2. The van der Waals surface area contributed by atoms with E-state index in [4.69, 9.17) is 14.2 Å². The molecule has 2 amide bonds. The number of nitrogens with zero attached hydrogens (tertiary/aromatic N) is 1. The first-order valence-electron chi connectivity index (χ1n) is 9.60. The molecule has 0 unspecified atom stereocenters. The minimum atomic E-state index is -0.286. The molecule has 0 aliphatic carbocycles. The van der Waals surface area contributed by atoms with Gasteiger partial charge in [-0.05, 0) is 42.8 Å². The average Bonchev–Trinajstić information content (AvgIpc) is 3.39. The maximum Gasteiger partial charge on any atom is 0.258 e.